The van der Waals surface area contributed by atoms with Crippen molar-refractivity contribution in [3.63, 3.8) is 0 Å². The van der Waals surface area contributed by atoms with E-state index in [9.17, 15) is 8.42 Å². The molecule has 1 aromatic carbocycles. The Morgan fingerprint density at radius 3 is 2.67 bits per heavy atom. The Balaban J connectivity index is 2.04. The maximum Gasteiger partial charge on any atom is 0.243 e. The van der Waals surface area contributed by atoms with Crippen LogP contribution in [0.15, 0.2) is 34.2 Å². The van der Waals surface area contributed by atoms with Crippen molar-refractivity contribution < 1.29 is 8.42 Å². The van der Waals surface area contributed by atoms with E-state index in [1.54, 1.807) is 25.2 Å². The third-order valence-electron chi connectivity index (χ3n) is 3.48. The van der Waals surface area contributed by atoms with Crippen LogP contribution in [0.4, 0.5) is 0 Å². The second-order valence-electron chi connectivity index (χ2n) is 4.89. The maximum absolute atomic E-state index is 12.5. The molecule has 1 aromatic rings. The molecule has 0 spiro atoms. The zero-order valence-electron chi connectivity index (χ0n) is 11.8. The predicted octanol–water partition coefficient (Wildman–Crippen LogP) is 1.03. The maximum atomic E-state index is 12.5. The molecule has 0 aromatic heterocycles. The number of sulfonamides is 1. The van der Waals surface area contributed by atoms with Crippen LogP contribution in [0.2, 0.25) is 5.02 Å². The third-order valence-corrected chi connectivity index (χ3v) is 5.61. The lowest BCUT2D eigenvalue weighted by atomic mass is 10.1. The fourth-order valence-corrected chi connectivity index (χ4v) is 4.06. The number of hydrogen-bond acceptors (Lipinski definition) is 3. The molecule has 6 nitrogen and oxygen atoms in total. The number of piperidine rings is 1. The van der Waals surface area contributed by atoms with E-state index in [2.05, 4.69) is 10.3 Å². The van der Waals surface area contributed by atoms with Gasteiger partial charge in [-0.15, -0.1) is 0 Å². The molecular formula is C13H19ClN4O2S. The summed E-state index contributed by atoms with van der Waals surface area (Å²) < 4.78 is 26.5. The molecule has 1 aliphatic heterocycles. The highest BCUT2D eigenvalue weighted by Gasteiger charge is 2.29. The van der Waals surface area contributed by atoms with Crippen molar-refractivity contribution in [1.82, 2.24) is 9.62 Å². The Bertz CT molecular complexity index is 625. The number of guanidine groups is 1. The number of halogens is 1. The van der Waals surface area contributed by atoms with Crippen LogP contribution in [-0.2, 0) is 10.0 Å². The Labute approximate surface area is 130 Å². The summed E-state index contributed by atoms with van der Waals surface area (Å²) in [6.45, 7) is 0.896. The molecule has 2 rings (SSSR count). The van der Waals surface area contributed by atoms with E-state index >= 15 is 0 Å². The summed E-state index contributed by atoms with van der Waals surface area (Å²) in [5.74, 6) is 0.381. The van der Waals surface area contributed by atoms with Gasteiger partial charge in [0.25, 0.3) is 0 Å². The van der Waals surface area contributed by atoms with Crippen molar-refractivity contribution in [1.29, 1.82) is 0 Å². The van der Waals surface area contributed by atoms with Gasteiger partial charge in [-0.1, -0.05) is 17.7 Å². The van der Waals surface area contributed by atoms with Gasteiger partial charge in [-0.2, -0.15) is 4.31 Å². The SMILES string of the molecule is CN=C(N)NC1CCN(S(=O)(=O)c2cccc(Cl)c2)CC1. The molecule has 0 unspecified atom stereocenters. The molecular weight excluding hydrogens is 312 g/mol. The van der Waals surface area contributed by atoms with Gasteiger partial charge in [-0.05, 0) is 31.0 Å². The molecule has 116 valence electrons. The first-order chi connectivity index (χ1) is 9.93. The molecule has 0 atom stereocenters. The summed E-state index contributed by atoms with van der Waals surface area (Å²) in [5, 5.41) is 3.49. The van der Waals surface area contributed by atoms with Gasteiger partial charge in [0.15, 0.2) is 5.96 Å². The van der Waals surface area contributed by atoms with Gasteiger partial charge < -0.3 is 11.1 Å². The van der Waals surface area contributed by atoms with Gasteiger partial charge in [-0.25, -0.2) is 8.42 Å². The number of rotatable bonds is 3. The van der Waals surface area contributed by atoms with Crippen LogP contribution in [-0.4, -0.2) is 44.9 Å². The monoisotopic (exact) mass is 330 g/mol. The Hall–Kier alpha value is -1.31. The smallest absolute Gasteiger partial charge is 0.243 e. The number of benzene rings is 1. The van der Waals surface area contributed by atoms with E-state index in [4.69, 9.17) is 17.3 Å². The van der Waals surface area contributed by atoms with Gasteiger partial charge in [0, 0.05) is 31.2 Å². The molecule has 0 amide bonds. The second-order valence-corrected chi connectivity index (χ2v) is 7.26. The highest BCUT2D eigenvalue weighted by atomic mass is 35.5. The highest BCUT2D eigenvalue weighted by Crippen LogP contribution is 2.22. The van der Waals surface area contributed by atoms with Crippen molar-refractivity contribution in [2.24, 2.45) is 10.7 Å². The van der Waals surface area contributed by atoms with Crippen LogP contribution in [0.1, 0.15) is 12.8 Å². The van der Waals surface area contributed by atoms with Crippen molar-refractivity contribution >= 4 is 27.6 Å². The van der Waals surface area contributed by atoms with E-state index in [0.29, 0.717) is 36.9 Å². The molecule has 1 heterocycles. The van der Waals surface area contributed by atoms with Crippen LogP contribution in [0.25, 0.3) is 0 Å². The minimum atomic E-state index is -3.48. The lowest BCUT2D eigenvalue weighted by molar-refractivity contribution is 0.307. The molecule has 0 bridgehead atoms. The summed E-state index contributed by atoms with van der Waals surface area (Å²) in [6, 6.07) is 6.49. The second kappa shape index (κ2) is 6.64. The van der Waals surface area contributed by atoms with Crippen LogP contribution >= 0.6 is 11.6 Å². The van der Waals surface area contributed by atoms with E-state index in [1.807, 2.05) is 0 Å². The van der Waals surface area contributed by atoms with Crippen LogP contribution in [0.3, 0.4) is 0 Å². The summed E-state index contributed by atoms with van der Waals surface area (Å²) in [4.78, 5) is 4.08. The Morgan fingerprint density at radius 2 is 2.10 bits per heavy atom. The quantitative estimate of drug-likeness (QED) is 0.640. The van der Waals surface area contributed by atoms with Gasteiger partial charge in [0.05, 0.1) is 4.90 Å². The van der Waals surface area contributed by atoms with E-state index in [-0.39, 0.29) is 10.9 Å². The zero-order valence-corrected chi connectivity index (χ0v) is 13.4. The van der Waals surface area contributed by atoms with Crippen molar-refractivity contribution in [3.05, 3.63) is 29.3 Å². The minimum absolute atomic E-state index is 0.152. The third kappa shape index (κ3) is 3.87. The lowest BCUT2D eigenvalue weighted by Gasteiger charge is -2.31. The highest BCUT2D eigenvalue weighted by molar-refractivity contribution is 7.89. The predicted molar refractivity (Wildman–Crippen MR) is 83.9 cm³/mol. The number of nitrogens with zero attached hydrogens (tertiary/aromatic N) is 2. The van der Waals surface area contributed by atoms with Crippen LogP contribution in [0, 0.1) is 0 Å². The zero-order chi connectivity index (χ0) is 15.5. The van der Waals surface area contributed by atoms with Gasteiger partial charge in [0.2, 0.25) is 10.0 Å². The largest absolute Gasteiger partial charge is 0.370 e. The summed E-state index contributed by atoms with van der Waals surface area (Å²) in [7, 11) is -1.87. The first-order valence-corrected chi connectivity index (χ1v) is 8.50. The Kier molecular flexibility index (Phi) is 5.08. The molecule has 0 radical (unpaired) electrons. The van der Waals surface area contributed by atoms with E-state index in [0.717, 1.165) is 0 Å². The number of nitrogens with one attached hydrogen (secondary N) is 1. The molecule has 21 heavy (non-hydrogen) atoms. The van der Waals surface area contributed by atoms with Gasteiger partial charge in [-0.3, -0.25) is 4.99 Å². The number of nitrogens with two attached hydrogens (primary N) is 1. The number of hydrogen-bond donors (Lipinski definition) is 2. The minimum Gasteiger partial charge on any atom is -0.370 e. The van der Waals surface area contributed by atoms with Crippen molar-refractivity contribution in [3.8, 4) is 0 Å². The number of aliphatic imine (C=N–C) groups is 1. The van der Waals surface area contributed by atoms with Gasteiger partial charge in [0.1, 0.15) is 0 Å². The average molecular weight is 331 g/mol. The van der Waals surface area contributed by atoms with Gasteiger partial charge >= 0.3 is 0 Å². The fraction of sp³-hybridized carbons (Fsp3) is 0.462. The van der Waals surface area contributed by atoms with E-state index < -0.39 is 10.0 Å². The normalized spacial score (nSPS) is 18.7. The Morgan fingerprint density at radius 1 is 1.43 bits per heavy atom. The van der Waals surface area contributed by atoms with Crippen LogP contribution < -0.4 is 11.1 Å². The standard InChI is InChI=1S/C13H19ClN4O2S/c1-16-13(15)17-11-5-7-18(8-6-11)21(19,20)12-4-2-3-10(14)9-12/h2-4,9,11H,5-8H2,1H3,(H3,15,16,17). The molecule has 3 N–H and O–H groups in total. The fourth-order valence-electron chi connectivity index (χ4n) is 2.29. The topological polar surface area (TPSA) is 87.8 Å². The lowest BCUT2D eigenvalue weighted by Crippen LogP contribution is -2.48. The average Bonchev–Trinajstić information content (AvgIpc) is 2.47. The van der Waals surface area contributed by atoms with Crippen molar-refractivity contribution in [2.75, 3.05) is 20.1 Å². The van der Waals surface area contributed by atoms with Crippen molar-refractivity contribution in [2.45, 2.75) is 23.8 Å². The first-order valence-electron chi connectivity index (χ1n) is 6.68. The van der Waals surface area contributed by atoms with E-state index in [1.165, 1.54) is 10.4 Å². The molecule has 1 aliphatic rings. The molecule has 1 saturated heterocycles. The molecule has 0 saturated carbocycles. The first kappa shape index (κ1) is 16.1. The van der Waals surface area contributed by atoms with Crippen LogP contribution in [0.5, 0.6) is 0 Å². The summed E-state index contributed by atoms with van der Waals surface area (Å²) in [5.41, 5.74) is 5.62. The summed E-state index contributed by atoms with van der Waals surface area (Å²) in [6.07, 6.45) is 1.38. The molecule has 8 heteroatoms. The summed E-state index contributed by atoms with van der Waals surface area (Å²) >= 11 is 5.87. The molecule has 1 fully saturated rings. The molecule has 0 aliphatic carbocycles.